The molecule has 0 radical (unpaired) electrons. The third-order valence-electron chi connectivity index (χ3n) is 2.76. The van der Waals surface area contributed by atoms with Crippen LogP contribution in [0.4, 0.5) is 0 Å². The van der Waals surface area contributed by atoms with E-state index in [4.69, 9.17) is 11.6 Å². The number of amides is 1. The standard InChI is InChI=1S/C14H21ClN4O.HI/c1-16-14(17-9-8-13(20)19(2)3)18-10-11-6-4-5-7-12(11)15;/h4-7H,8-10H2,1-3H3,(H2,16,17,18);1H. The number of carbonyl (C=O) groups excluding carboxylic acids is 1. The van der Waals surface area contributed by atoms with Gasteiger partial charge in [0, 0.05) is 45.7 Å². The zero-order valence-corrected chi connectivity index (χ0v) is 15.6. The molecule has 0 atom stereocenters. The topological polar surface area (TPSA) is 56.7 Å². The Morgan fingerprint density at radius 3 is 2.52 bits per heavy atom. The first kappa shape index (κ1) is 20.0. The van der Waals surface area contributed by atoms with E-state index in [9.17, 15) is 4.79 Å². The molecule has 0 heterocycles. The lowest BCUT2D eigenvalue weighted by Gasteiger charge is -2.14. The van der Waals surface area contributed by atoms with E-state index in [2.05, 4.69) is 15.6 Å². The number of nitrogens with zero attached hydrogens (tertiary/aromatic N) is 2. The lowest BCUT2D eigenvalue weighted by molar-refractivity contribution is -0.128. The predicted molar refractivity (Wildman–Crippen MR) is 98.4 cm³/mol. The van der Waals surface area contributed by atoms with E-state index in [-0.39, 0.29) is 29.9 Å². The van der Waals surface area contributed by atoms with Crippen molar-refractivity contribution in [2.75, 3.05) is 27.7 Å². The molecule has 2 N–H and O–H groups in total. The number of halogens is 2. The summed E-state index contributed by atoms with van der Waals surface area (Å²) in [6.45, 7) is 1.13. The van der Waals surface area contributed by atoms with Gasteiger partial charge in [0.25, 0.3) is 0 Å². The Hall–Kier alpha value is -1.02. The number of aliphatic imine (C=N–C) groups is 1. The Labute approximate surface area is 148 Å². The minimum Gasteiger partial charge on any atom is -0.356 e. The van der Waals surface area contributed by atoms with Crippen LogP contribution in [0.2, 0.25) is 5.02 Å². The second kappa shape index (κ2) is 10.7. The summed E-state index contributed by atoms with van der Waals surface area (Å²) in [6.07, 6.45) is 0.430. The van der Waals surface area contributed by atoms with Crippen molar-refractivity contribution in [1.29, 1.82) is 0 Å². The van der Waals surface area contributed by atoms with Crippen molar-refractivity contribution in [1.82, 2.24) is 15.5 Å². The zero-order valence-electron chi connectivity index (χ0n) is 12.5. The van der Waals surface area contributed by atoms with E-state index in [1.54, 1.807) is 26.0 Å². The lowest BCUT2D eigenvalue weighted by Crippen LogP contribution is -2.38. The molecule has 0 aliphatic carbocycles. The van der Waals surface area contributed by atoms with Gasteiger partial charge in [0.15, 0.2) is 5.96 Å². The number of carbonyl (C=O) groups is 1. The predicted octanol–water partition coefficient (Wildman–Crippen LogP) is 2.10. The van der Waals surface area contributed by atoms with Crippen LogP contribution in [-0.4, -0.2) is 44.5 Å². The number of benzene rings is 1. The quantitative estimate of drug-likeness (QED) is 0.432. The smallest absolute Gasteiger partial charge is 0.223 e. The first-order valence-electron chi connectivity index (χ1n) is 6.42. The van der Waals surface area contributed by atoms with Crippen LogP contribution in [0.25, 0.3) is 0 Å². The molecule has 0 aliphatic rings. The van der Waals surface area contributed by atoms with Gasteiger partial charge in [-0.05, 0) is 11.6 Å². The maximum Gasteiger partial charge on any atom is 0.223 e. The van der Waals surface area contributed by atoms with Crippen molar-refractivity contribution in [2.24, 2.45) is 4.99 Å². The molecule has 0 aliphatic heterocycles. The van der Waals surface area contributed by atoms with Gasteiger partial charge in [-0.15, -0.1) is 24.0 Å². The van der Waals surface area contributed by atoms with E-state index in [1.807, 2.05) is 24.3 Å². The first-order valence-corrected chi connectivity index (χ1v) is 6.80. The summed E-state index contributed by atoms with van der Waals surface area (Å²) >= 11 is 6.08. The molecule has 1 amide bonds. The van der Waals surface area contributed by atoms with Gasteiger partial charge in [0.05, 0.1) is 0 Å². The number of hydrogen-bond acceptors (Lipinski definition) is 2. The minimum absolute atomic E-state index is 0. The molecule has 0 bridgehead atoms. The van der Waals surface area contributed by atoms with Crippen molar-refractivity contribution in [3.05, 3.63) is 34.9 Å². The van der Waals surface area contributed by atoms with Crippen LogP contribution in [0.3, 0.4) is 0 Å². The Morgan fingerprint density at radius 1 is 1.29 bits per heavy atom. The molecule has 0 aromatic heterocycles. The van der Waals surface area contributed by atoms with Gasteiger partial charge >= 0.3 is 0 Å². The summed E-state index contributed by atoms with van der Waals surface area (Å²) in [7, 11) is 5.18. The highest BCUT2D eigenvalue weighted by atomic mass is 127. The Morgan fingerprint density at radius 2 is 1.95 bits per heavy atom. The molecule has 0 spiro atoms. The fourth-order valence-electron chi connectivity index (χ4n) is 1.55. The van der Waals surface area contributed by atoms with Crippen LogP contribution in [-0.2, 0) is 11.3 Å². The van der Waals surface area contributed by atoms with Gasteiger partial charge in [-0.1, -0.05) is 29.8 Å². The van der Waals surface area contributed by atoms with Crippen LogP contribution >= 0.6 is 35.6 Å². The maximum atomic E-state index is 11.4. The highest BCUT2D eigenvalue weighted by Crippen LogP contribution is 2.14. The van der Waals surface area contributed by atoms with E-state index in [0.29, 0.717) is 25.5 Å². The summed E-state index contributed by atoms with van der Waals surface area (Å²) < 4.78 is 0. The monoisotopic (exact) mass is 424 g/mol. The number of rotatable bonds is 5. The molecule has 21 heavy (non-hydrogen) atoms. The van der Waals surface area contributed by atoms with Crippen LogP contribution in [0.5, 0.6) is 0 Å². The summed E-state index contributed by atoms with van der Waals surface area (Å²) in [5.41, 5.74) is 1.00. The summed E-state index contributed by atoms with van der Waals surface area (Å²) in [5, 5.41) is 6.97. The third kappa shape index (κ3) is 7.52. The Kier molecular flexibility index (Phi) is 10.2. The largest absolute Gasteiger partial charge is 0.356 e. The van der Waals surface area contributed by atoms with E-state index < -0.39 is 0 Å². The Balaban J connectivity index is 0.00000400. The fraction of sp³-hybridized carbons (Fsp3) is 0.429. The number of hydrogen-bond donors (Lipinski definition) is 2. The molecular formula is C14H22ClIN4O. The summed E-state index contributed by atoms with van der Waals surface area (Å²) in [6, 6.07) is 7.64. The van der Waals surface area contributed by atoms with Crippen molar-refractivity contribution in [2.45, 2.75) is 13.0 Å². The van der Waals surface area contributed by atoms with Gasteiger partial charge in [-0.3, -0.25) is 9.79 Å². The molecule has 1 aromatic rings. The van der Waals surface area contributed by atoms with Crippen molar-refractivity contribution in [3.8, 4) is 0 Å². The molecule has 0 saturated heterocycles. The second-order valence-electron chi connectivity index (χ2n) is 4.48. The summed E-state index contributed by atoms with van der Waals surface area (Å²) in [4.78, 5) is 17.1. The van der Waals surface area contributed by atoms with Crippen LogP contribution < -0.4 is 10.6 Å². The van der Waals surface area contributed by atoms with E-state index >= 15 is 0 Å². The van der Waals surface area contributed by atoms with E-state index in [1.165, 1.54) is 0 Å². The van der Waals surface area contributed by atoms with Crippen molar-refractivity contribution < 1.29 is 4.79 Å². The Bertz CT molecular complexity index is 480. The van der Waals surface area contributed by atoms with Crippen molar-refractivity contribution in [3.63, 3.8) is 0 Å². The molecule has 0 fully saturated rings. The van der Waals surface area contributed by atoms with Gasteiger partial charge in [0.2, 0.25) is 5.91 Å². The van der Waals surface area contributed by atoms with E-state index in [0.717, 1.165) is 10.6 Å². The van der Waals surface area contributed by atoms with Crippen LogP contribution in [0.15, 0.2) is 29.3 Å². The minimum atomic E-state index is 0. The lowest BCUT2D eigenvalue weighted by atomic mass is 10.2. The molecule has 0 unspecified atom stereocenters. The van der Waals surface area contributed by atoms with Gasteiger partial charge < -0.3 is 15.5 Å². The highest BCUT2D eigenvalue weighted by Gasteiger charge is 2.05. The highest BCUT2D eigenvalue weighted by molar-refractivity contribution is 14.0. The molecule has 1 aromatic carbocycles. The maximum absolute atomic E-state index is 11.4. The van der Waals surface area contributed by atoms with Gasteiger partial charge in [-0.25, -0.2) is 0 Å². The van der Waals surface area contributed by atoms with Gasteiger partial charge in [0.1, 0.15) is 0 Å². The van der Waals surface area contributed by atoms with Crippen LogP contribution in [0.1, 0.15) is 12.0 Å². The molecule has 7 heteroatoms. The number of guanidine groups is 1. The average Bonchev–Trinajstić information content (AvgIpc) is 2.43. The second-order valence-corrected chi connectivity index (χ2v) is 4.89. The first-order chi connectivity index (χ1) is 9.54. The van der Waals surface area contributed by atoms with Crippen molar-refractivity contribution >= 4 is 47.4 Å². The molecule has 5 nitrogen and oxygen atoms in total. The fourth-order valence-corrected chi connectivity index (χ4v) is 1.76. The van der Waals surface area contributed by atoms with Gasteiger partial charge in [-0.2, -0.15) is 0 Å². The SMILES string of the molecule is CN=C(NCCC(=O)N(C)C)NCc1ccccc1Cl.I. The normalized spacial score (nSPS) is 10.6. The molecule has 0 saturated carbocycles. The molecule has 1 rings (SSSR count). The number of nitrogens with one attached hydrogen (secondary N) is 2. The average molecular weight is 425 g/mol. The molecular weight excluding hydrogens is 403 g/mol. The summed E-state index contributed by atoms with van der Waals surface area (Å²) in [5.74, 6) is 0.732. The van der Waals surface area contributed by atoms with Crippen LogP contribution in [0, 0.1) is 0 Å². The third-order valence-corrected chi connectivity index (χ3v) is 3.13. The molecule has 118 valence electrons. The zero-order chi connectivity index (χ0) is 15.0.